The molecule has 0 aromatic rings. The van der Waals surface area contributed by atoms with E-state index in [1.54, 1.807) is 6.92 Å². The number of carbonyl (C=O) groups is 2. The van der Waals surface area contributed by atoms with Crippen molar-refractivity contribution in [1.29, 1.82) is 0 Å². The molecular formula is C9H13NO3. The quantitative estimate of drug-likeness (QED) is 0.630. The number of hydrogen-bond donors (Lipinski definition) is 1. The summed E-state index contributed by atoms with van der Waals surface area (Å²) in [5, 5.41) is 9.11. The van der Waals surface area contributed by atoms with Crippen molar-refractivity contribution >= 4 is 11.8 Å². The largest absolute Gasteiger partial charge is 0.394 e. The Bertz CT molecular complexity index is 248. The first-order chi connectivity index (χ1) is 6.05. The van der Waals surface area contributed by atoms with Crippen molar-refractivity contribution < 1.29 is 14.7 Å². The van der Waals surface area contributed by atoms with E-state index in [-0.39, 0.29) is 18.4 Å². The lowest BCUT2D eigenvalue weighted by Crippen LogP contribution is -2.51. The summed E-state index contributed by atoms with van der Waals surface area (Å²) in [4.78, 5) is 23.6. The molecule has 0 spiro atoms. The molecule has 4 heteroatoms. The van der Waals surface area contributed by atoms with Crippen molar-refractivity contribution in [1.82, 2.24) is 4.90 Å². The van der Waals surface area contributed by atoms with Crippen LogP contribution in [0.4, 0.5) is 0 Å². The van der Waals surface area contributed by atoms with Crippen molar-refractivity contribution in [3.05, 3.63) is 12.2 Å². The number of nitrogens with zero attached hydrogens (tertiary/aromatic N) is 1. The summed E-state index contributed by atoms with van der Waals surface area (Å²) in [5.74, 6) is -0.688. The van der Waals surface area contributed by atoms with Gasteiger partial charge in [0.1, 0.15) is 0 Å². The molecule has 1 N–H and O–H groups in total. The van der Waals surface area contributed by atoms with Gasteiger partial charge in [-0.05, 0) is 13.3 Å². The van der Waals surface area contributed by atoms with Gasteiger partial charge in [-0.15, -0.1) is 0 Å². The van der Waals surface area contributed by atoms with Crippen molar-refractivity contribution in [3.8, 4) is 0 Å². The molecule has 4 nitrogen and oxygen atoms in total. The summed E-state index contributed by atoms with van der Waals surface area (Å²) in [6.07, 6.45) is 3.00. The van der Waals surface area contributed by atoms with Crippen LogP contribution in [0.15, 0.2) is 12.2 Å². The Morgan fingerprint density at radius 2 is 1.85 bits per heavy atom. The molecule has 0 radical (unpaired) electrons. The first kappa shape index (κ1) is 9.92. The van der Waals surface area contributed by atoms with Crippen LogP contribution in [0.3, 0.4) is 0 Å². The summed E-state index contributed by atoms with van der Waals surface area (Å²) >= 11 is 0. The highest BCUT2D eigenvalue weighted by Gasteiger charge is 2.38. The van der Waals surface area contributed by atoms with E-state index in [1.165, 1.54) is 12.2 Å². The molecule has 1 unspecified atom stereocenters. The third-order valence-corrected chi connectivity index (χ3v) is 2.45. The monoisotopic (exact) mass is 183 g/mol. The molecule has 1 atom stereocenters. The van der Waals surface area contributed by atoms with Crippen LogP contribution in [0.5, 0.6) is 0 Å². The molecule has 0 fully saturated rings. The smallest absolute Gasteiger partial charge is 0.254 e. The fraction of sp³-hybridized carbons (Fsp3) is 0.556. The Morgan fingerprint density at radius 1 is 1.38 bits per heavy atom. The zero-order valence-electron chi connectivity index (χ0n) is 7.78. The van der Waals surface area contributed by atoms with Gasteiger partial charge < -0.3 is 5.11 Å². The van der Waals surface area contributed by atoms with E-state index in [2.05, 4.69) is 0 Å². The van der Waals surface area contributed by atoms with Crippen LogP contribution in [0.25, 0.3) is 0 Å². The Morgan fingerprint density at radius 3 is 2.15 bits per heavy atom. The Hall–Kier alpha value is -1.16. The Balaban J connectivity index is 2.93. The Labute approximate surface area is 76.8 Å². The number of imide groups is 1. The van der Waals surface area contributed by atoms with Gasteiger partial charge in [0.25, 0.3) is 11.8 Å². The van der Waals surface area contributed by atoms with Gasteiger partial charge in [0.2, 0.25) is 0 Å². The number of aliphatic hydroxyl groups excluding tert-OH is 1. The summed E-state index contributed by atoms with van der Waals surface area (Å²) in [6, 6.07) is 0. The molecule has 0 saturated heterocycles. The molecule has 0 aromatic carbocycles. The predicted molar refractivity (Wildman–Crippen MR) is 46.8 cm³/mol. The highest BCUT2D eigenvalue weighted by atomic mass is 16.3. The van der Waals surface area contributed by atoms with Gasteiger partial charge in [-0.25, -0.2) is 0 Å². The standard InChI is InChI=1S/C9H13NO3/c1-3-9(2,6-11)10-7(12)4-5-8(10)13/h4-5,11H,3,6H2,1-2H3. The SMILES string of the molecule is CCC(C)(CO)N1C(=O)C=CC1=O. The third-order valence-electron chi connectivity index (χ3n) is 2.45. The second-order valence-corrected chi connectivity index (χ2v) is 3.35. The molecule has 1 heterocycles. The zero-order chi connectivity index (χ0) is 10.1. The van der Waals surface area contributed by atoms with Crippen LogP contribution in [0.2, 0.25) is 0 Å². The molecule has 1 rings (SSSR count). The van der Waals surface area contributed by atoms with Crippen LogP contribution >= 0.6 is 0 Å². The summed E-state index contributed by atoms with van der Waals surface area (Å²) in [6.45, 7) is 3.31. The van der Waals surface area contributed by atoms with Gasteiger partial charge in [0, 0.05) is 12.2 Å². The van der Waals surface area contributed by atoms with Crippen molar-refractivity contribution in [2.45, 2.75) is 25.8 Å². The zero-order valence-corrected chi connectivity index (χ0v) is 7.78. The fourth-order valence-electron chi connectivity index (χ4n) is 1.27. The van der Waals surface area contributed by atoms with E-state index in [0.29, 0.717) is 6.42 Å². The minimum Gasteiger partial charge on any atom is -0.394 e. The average Bonchev–Trinajstić information content (AvgIpc) is 2.46. The van der Waals surface area contributed by atoms with Gasteiger partial charge in [0.15, 0.2) is 0 Å². The lowest BCUT2D eigenvalue weighted by Gasteiger charge is -2.34. The van der Waals surface area contributed by atoms with Crippen LogP contribution < -0.4 is 0 Å². The van der Waals surface area contributed by atoms with Crippen molar-refractivity contribution in [2.24, 2.45) is 0 Å². The molecule has 0 aliphatic carbocycles. The van der Waals surface area contributed by atoms with Crippen molar-refractivity contribution in [2.75, 3.05) is 6.61 Å². The molecule has 2 amide bonds. The molecule has 1 aliphatic rings. The van der Waals surface area contributed by atoms with E-state index in [0.717, 1.165) is 4.90 Å². The number of aliphatic hydroxyl groups is 1. The second kappa shape index (κ2) is 3.30. The summed E-state index contributed by atoms with van der Waals surface area (Å²) in [5.41, 5.74) is -0.766. The maximum Gasteiger partial charge on any atom is 0.254 e. The van der Waals surface area contributed by atoms with E-state index in [1.807, 2.05) is 6.92 Å². The molecule has 1 aliphatic heterocycles. The topological polar surface area (TPSA) is 57.6 Å². The van der Waals surface area contributed by atoms with Gasteiger partial charge in [-0.2, -0.15) is 0 Å². The average molecular weight is 183 g/mol. The fourth-order valence-corrected chi connectivity index (χ4v) is 1.27. The van der Waals surface area contributed by atoms with E-state index in [4.69, 9.17) is 5.11 Å². The number of amides is 2. The Kier molecular flexibility index (Phi) is 2.52. The maximum atomic E-state index is 11.3. The molecule has 0 saturated carbocycles. The first-order valence-electron chi connectivity index (χ1n) is 4.22. The molecule has 0 bridgehead atoms. The van der Waals surface area contributed by atoms with E-state index in [9.17, 15) is 9.59 Å². The minimum atomic E-state index is -0.766. The van der Waals surface area contributed by atoms with Gasteiger partial charge in [-0.1, -0.05) is 6.92 Å². The van der Waals surface area contributed by atoms with Crippen LogP contribution in [0.1, 0.15) is 20.3 Å². The highest BCUT2D eigenvalue weighted by molar-refractivity contribution is 6.13. The highest BCUT2D eigenvalue weighted by Crippen LogP contribution is 2.22. The van der Waals surface area contributed by atoms with Crippen molar-refractivity contribution in [3.63, 3.8) is 0 Å². The van der Waals surface area contributed by atoms with Crippen LogP contribution in [-0.2, 0) is 9.59 Å². The summed E-state index contributed by atoms with van der Waals surface area (Å²) in [7, 11) is 0. The van der Waals surface area contributed by atoms with Gasteiger partial charge >= 0.3 is 0 Å². The first-order valence-corrected chi connectivity index (χ1v) is 4.22. The summed E-state index contributed by atoms with van der Waals surface area (Å²) < 4.78 is 0. The van der Waals surface area contributed by atoms with E-state index >= 15 is 0 Å². The maximum absolute atomic E-state index is 11.3. The molecule has 0 aromatic heterocycles. The predicted octanol–water partition coefficient (Wildman–Crippen LogP) is 0.0724. The van der Waals surface area contributed by atoms with Gasteiger partial charge in [-0.3, -0.25) is 14.5 Å². The lowest BCUT2D eigenvalue weighted by molar-refractivity contribution is -0.145. The molecule has 72 valence electrons. The van der Waals surface area contributed by atoms with Gasteiger partial charge in [0.05, 0.1) is 12.1 Å². The number of carbonyl (C=O) groups excluding carboxylic acids is 2. The van der Waals surface area contributed by atoms with E-state index < -0.39 is 5.54 Å². The number of rotatable bonds is 3. The second-order valence-electron chi connectivity index (χ2n) is 3.35. The third kappa shape index (κ3) is 1.49. The normalized spacial score (nSPS) is 21.0. The van der Waals surface area contributed by atoms with Crippen LogP contribution in [-0.4, -0.2) is 34.0 Å². The molecular weight excluding hydrogens is 170 g/mol. The number of hydrogen-bond acceptors (Lipinski definition) is 3. The minimum absolute atomic E-state index is 0.206. The van der Waals surface area contributed by atoms with Crippen LogP contribution in [0, 0.1) is 0 Å². The lowest BCUT2D eigenvalue weighted by atomic mass is 9.98. The molecule has 13 heavy (non-hydrogen) atoms.